The van der Waals surface area contributed by atoms with E-state index in [-0.39, 0.29) is 0 Å². The SMILES string of the molecule is Cc1cc(C)nc(N2CCC(Nc3ccncn3)CC2)n1. The maximum Gasteiger partial charge on any atom is 0.225 e. The summed E-state index contributed by atoms with van der Waals surface area (Å²) in [5.41, 5.74) is 2.05. The summed E-state index contributed by atoms with van der Waals surface area (Å²) in [7, 11) is 0. The van der Waals surface area contributed by atoms with Crippen LogP contribution in [-0.4, -0.2) is 39.1 Å². The van der Waals surface area contributed by atoms with Crippen molar-refractivity contribution in [1.82, 2.24) is 19.9 Å². The first-order valence-corrected chi connectivity index (χ1v) is 7.30. The van der Waals surface area contributed by atoms with E-state index in [0.717, 1.165) is 49.1 Å². The maximum absolute atomic E-state index is 4.54. The molecule has 0 spiro atoms. The minimum atomic E-state index is 0.446. The zero-order valence-corrected chi connectivity index (χ0v) is 12.5. The van der Waals surface area contributed by atoms with Gasteiger partial charge in [-0.25, -0.2) is 19.9 Å². The van der Waals surface area contributed by atoms with Crippen molar-refractivity contribution in [1.29, 1.82) is 0 Å². The number of nitrogens with zero attached hydrogens (tertiary/aromatic N) is 5. The lowest BCUT2D eigenvalue weighted by Crippen LogP contribution is -2.40. The van der Waals surface area contributed by atoms with Gasteiger partial charge in [0.2, 0.25) is 5.95 Å². The molecule has 0 amide bonds. The smallest absolute Gasteiger partial charge is 0.225 e. The second-order valence-electron chi connectivity index (χ2n) is 5.45. The summed E-state index contributed by atoms with van der Waals surface area (Å²) < 4.78 is 0. The molecule has 21 heavy (non-hydrogen) atoms. The van der Waals surface area contributed by atoms with Gasteiger partial charge in [-0.2, -0.15) is 0 Å². The van der Waals surface area contributed by atoms with E-state index in [0.29, 0.717) is 6.04 Å². The van der Waals surface area contributed by atoms with Crippen LogP contribution in [0.5, 0.6) is 0 Å². The molecule has 3 rings (SSSR count). The van der Waals surface area contributed by atoms with Crippen LogP contribution in [0.4, 0.5) is 11.8 Å². The predicted octanol–water partition coefficient (Wildman–Crippen LogP) is 1.96. The summed E-state index contributed by atoms with van der Waals surface area (Å²) in [5, 5.41) is 3.46. The lowest BCUT2D eigenvalue weighted by atomic mass is 10.1. The fraction of sp³-hybridized carbons (Fsp3) is 0.467. The average molecular weight is 284 g/mol. The standard InChI is InChI=1S/C15H20N6/c1-11-9-12(2)19-15(18-11)21-7-4-13(5-8-21)20-14-3-6-16-10-17-14/h3,6,9-10,13H,4-5,7-8H2,1-2H3,(H,16,17,20). The van der Waals surface area contributed by atoms with Crippen LogP contribution in [0, 0.1) is 13.8 Å². The molecule has 2 aromatic heterocycles. The van der Waals surface area contributed by atoms with Crippen LogP contribution in [0.2, 0.25) is 0 Å². The van der Waals surface area contributed by atoms with Gasteiger partial charge in [0.1, 0.15) is 12.1 Å². The van der Waals surface area contributed by atoms with Crippen LogP contribution in [-0.2, 0) is 0 Å². The number of rotatable bonds is 3. The molecule has 0 radical (unpaired) electrons. The summed E-state index contributed by atoms with van der Waals surface area (Å²) in [4.78, 5) is 19.5. The van der Waals surface area contributed by atoms with Gasteiger partial charge in [-0.3, -0.25) is 0 Å². The fourth-order valence-electron chi connectivity index (χ4n) is 2.66. The lowest BCUT2D eigenvalue weighted by molar-refractivity contribution is 0.518. The Hall–Kier alpha value is -2.24. The molecular formula is C15H20N6. The van der Waals surface area contributed by atoms with Crippen molar-refractivity contribution in [2.24, 2.45) is 0 Å². The first-order valence-electron chi connectivity index (χ1n) is 7.30. The number of hydrogen-bond donors (Lipinski definition) is 1. The van der Waals surface area contributed by atoms with Gasteiger partial charge in [0, 0.05) is 36.7 Å². The molecule has 1 aliphatic rings. The van der Waals surface area contributed by atoms with Crippen LogP contribution < -0.4 is 10.2 Å². The van der Waals surface area contributed by atoms with Crippen LogP contribution in [0.3, 0.4) is 0 Å². The molecule has 0 atom stereocenters. The highest BCUT2D eigenvalue weighted by molar-refractivity contribution is 5.36. The van der Waals surface area contributed by atoms with Gasteiger partial charge in [-0.1, -0.05) is 0 Å². The molecule has 1 saturated heterocycles. The van der Waals surface area contributed by atoms with E-state index in [2.05, 4.69) is 30.2 Å². The Labute approximate surface area is 124 Å². The number of nitrogens with one attached hydrogen (secondary N) is 1. The van der Waals surface area contributed by atoms with Gasteiger partial charge in [0.15, 0.2) is 0 Å². The van der Waals surface area contributed by atoms with E-state index >= 15 is 0 Å². The van der Waals surface area contributed by atoms with Gasteiger partial charge >= 0.3 is 0 Å². The first kappa shape index (κ1) is 13.7. The minimum absolute atomic E-state index is 0.446. The summed E-state index contributed by atoms with van der Waals surface area (Å²) in [5.74, 6) is 1.75. The molecule has 0 unspecified atom stereocenters. The predicted molar refractivity (Wildman–Crippen MR) is 82.4 cm³/mol. The van der Waals surface area contributed by atoms with Gasteiger partial charge in [0.05, 0.1) is 0 Å². The second-order valence-corrected chi connectivity index (χ2v) is 5.45. The molecule has 0 bridgehead atoms. The highest BCUT2D eigenvalue weighted by Crippen LogP contribution is 2.19. The molecule has 110 valence electrons. The Morgan fingerprint density at radius 3 is 2.48 bits per heavy atom. The first-order chi connectivity index (χ1) is 10.2. The van der Waals surface area contributed by atoms with Crippen molar-refractivity contribution in [2.45, 2.75) is 32.7 Å². The minimum Gasteiger partial charge on any atom is -0.367 e. The summed E-state index contributed by atoms with van der Waals surface area (Å²) in [6.45, 7) is 5.96. The Bertz CT molecular complexity index is 572. The highest BCUT2D eigenvalue weighted by atomic mass is 15.3. The summed E-state index contributed by atoms with van der Waals surface area (Å²) in [6, 6.07) is 4.36. The third-order valence-electron chi connectivity index (χ3n) is 3.68. The molecule has 1 aliphatic heterocycles. The number of aryl methyl sites for hydroxylation is 2. The second kappa shape index (κ2) is 6.03. The quantitative estimate of drug-likeness (QED) is 0.929. The fourth-order valence-corrected chi connectivity index (χ4v) is 2.66. The van der Waals surface area contributed by atoms with E-state index in [1.807, 2.05) is 26.0 Å². The van der Waals surface area contributed by atoms with Crippen LogP contribution in [0.15, 0.2) is 24.7 Å². The highest BCUT2D eigenvalue weighted by Gasteiger charge is 2.21. The Kier molecular flexibility index (Phi) is 3.94. The largest absolute Gasteiger partial charge is 0.367 e. The monoisotopic (exact) mass is 284 g/mol. The third-order valence-corrected chi connectivity index (χ3v) is 3.68. The van der Waals surface area contributed by atoms with E-state index in [1.54, 1.807) is 12.5 Å². The van der Waals surface area contributed by atoms with Crippen molar-refractivity contribution in [3.05, 3.63) is 36.0 Å². The molecular weight excluding hydrogens is 264 g/mol. The van der Waals surface area contributed by atoms with Crippen LogP contribution in [0.25, 0.3) is 0 Å². The molecule has 1 fully saturated rings. The van der Waals surface area contributed by atoms with Crippen molar-refractivity contribution in [2.75, 3.05) is 23.3 Å². The number of aromatic nitrogens is 4. The van der Waals surface area contributed by atoms with Crippen molar-refractivity contribution in [3.8, 4) is 0 Å². The average Bonchev–Trinajstić information content (AvgIpc) is 2.48. The van der Waals surface area contributed by atoms with Crippen molar-refractivity contribution >= 4 is 11.8 Å². The normalized spacial score (nSPS) is 16.0. The Morgan fingerprint density at radius 1 is 1.14 bits per heavy atom. The zero-order chi connectivity index (χ0) is 14.7. The number of hydrogen-bond acceptors (Lipinski definition) is 6. The topological polar surface area (TPSA) is 66.8 Å². The summed E-state index contributed by atoms with van der Waals surface area (Å²) >= 11 is 0. The van der Waals surface area contributed by atoms with Gasteiger partial charge in [0.25, 0.3) is 0 Å². The molecule has 6 heteroatoms. The molecule has 0 aliphatic carbocycles. The Morgan fingerprint density at radius 2 is 1.86 bits per heavy atom. The molecule has 3 heterocycles. The maximum atomic E-state index is 4.54. The molecule has 1 N–H and O–H groups in total. The van der Waals surface area contributed by atoms with Gasteiger partial charge in [-0.05, 0) is 38.8 Å². The number of anilines is 2. The van der Waals surface area contributed by atoms with Crippen LogP contribution in [0.1, 0.15) is 24.2 Å². The van der Waals surface area contributed by atoms with E-state index < -0.39 is 0 Å². The molecule has 0 saturated carbocycles. The van der Waals surface area contributed by atoms with E-state index in [9.17, 15) is 0 Å². The Balaban J connectivity index is 1.60. The van der Waals surface area contributed by atoms with E-state index in [4.69, 9.17) is 0 Å². The van der Waals surface area contributed by atoms with Gasteiger partial charge in [-0.15, -0.1) is 0 Å². The summed E-state index contributed by atoms with van der Waals surface area (Å²) in [6.07, 6.45) is 5.44. The molecule has 6 nitrogen and oxygen atoms in total. The van der Waals surface area contributed by atoms with Crippen LogP contribution >= 0.6 is 0 Å². The van der Waals surface area contributed by atoms with Crippen molar-refractivity contribution < 1.29 is 0 Å². The van der Waals surface area contributed by atoms with E-state index in [1.165, 1.54) is 0 Å². The third kappa shape index (κ3) is 3.45. The molecule has 0 aromatic carbocycles. The molecule has 2 aromatic rings. The number of piperidine rings is 1. The van der Waals surface area contributed by atoms with Crippen molar-refractivity contribution in [3.63, 3.8) is 0 Å². The lowest BCUT2D eigenvalue weighted by Gasteiger charge is -2.32. The van der Waals surface area contributed by atoms with Gasteiger partial charge < -0.3 is 10.2 Å². The zero-order valence-electron chi connectivity index (χ0n) is 12.5.